The van der Waals surface area contributed by atoms with Crippen LogP contribution in [0.1, 0.15) is 12.5 Å². The van der Waals surface area contributed by atoms with Crippen LogP contribution in [0, 0.1) is 6.92 Å². The van der Waals surface area contributed by atoms with Crippen LogP contribution in [0.3, 0.4) is 0 Å². The smallest absolute Gasteiger partial charge is 0.265 e. The van der Waals surface area contributed by atoms with Gasteiger partial charge >= 0.3 is 0 Å². The first-order valence-corrected chi connectivity index (χ1v) is 7.76. The van der Waals surface area contributed by atoms with Crippen LogP contribution < -0.4 is 10.1 Å². The van der Waals surface area contributed by atoms with E-state index in [1.165, 1.54) is 18.2 Å². The summed E-state index contributed by atoms with van der Waals surface area (Å²) in [7, 11) is 0. The van der Waals surface area contributed by atoms with E-state index >= 15 is 0 Å². The molecule has 4 nitrogen and oxygen atoms in total. The molecule has 2 aromatic carbocycles. The van der Waals surface area contributed by atoms with E-state index in [0.29, 0.717) is 10.8 Å². The fourth-order valence-corrected chi connectivity index (χ4v) is 2.55. The van der Waals surface area contributed by atoms with Crippen molar-refractivity contribution < 1.29 is 14.6 Å². The number of carbonyl (C=O) groups is 1. The van der Waals surface area contributed by atoms with Crippen LogP contribution in [0.4, 0.5) is 5.69 Å². The minimum absolute atomic E-state index is 0.0542. The van der Waals surface area contributed by atoms with E-state index in [9.17, 15) is 9.90 Å². The summed E-state index contributed by atoms with van der Waals surface area (Å²) in [5, 5.41) is 12.7. The lowest BCUT2D eigenvalue weighted by molar-refractivity contribution is -0.122. The van der Waals surface area contributed by atoms with E-state index in [2.05, 4.69) is 21.2 Å². The van der Waals surface area contributed by atoms with Crippen molar-refractivity contribution >= 4 is 39.1 Å². The number of phenols is 1. The Balaban J connectivity index is 2.07. The van der Waals surface area contributed by atoms with Crippen molar-refractivity contribution in [3.05, 3.63) is 51.5 Å². The molecule has 22 heavy (non-hydrogen) atoms. The highest BCUT2D eigenvalue weighted by Gasteiger charge is 2.17. The summed E-state index contributed by atoms with van der Waals surface area (Å²) in [5.41, 5.74) is 1.33. The van der Waals surface area contributed by atoms with Crippen molar-refractivity contribution in [2.75, 3.05) is 5.32 Å². The Bertz CT molecular complexity index is 706. The summed E-state index contributed by atoms with van der Waals surface area (Å²) in [4.78, 5) is 12.2. The zero-order valence-corrected chi connectivity index (χ0v) is 14.4. The third kappa shape index (κ3) is 4.15. The van der Waals surface area contributed by atoms with Crippen molar-refractivity contribution in [1.29, 1.82) is 0 Å². The highest BCUT2D eigenvalue weighted by molar-refractivity contribution is 9.10. The summed E-state index contributed by atoms with van der Waals surface area (Å²) < 4.78 is 6.41. The van der Waals surface area contributed by atoms with Crippen molar-refractivity contribution in [1.82, 2.24) is 0 Å². The minimum Gasteiger partial charge on any atom is -0.506 e. The number of benzene rings is 2. The molecule has 0 fully saturated rings. The lowest BCUT2D eigenvalue weighted by Gasteiger charge is -2.16. The maximum absolute atomic E-state index is 12.2. The summed E-state index contributed by atoms with van der Waals surface area (Å²) in [6, 6.07) is 10.0. The van der Waals surface area contributed by atoms with Crippen molar-refractivity contribution in [3.63, 3.8) is 0 Å². The first-order chi connectivity index (χ1) is 10.4. The standard InChI is InChI=1S/C16H15BrClNO3/c1-9-3-6-15(12(17)7-9)22-10(2)16(21)19-13-8-11(18)4-5-14(13)20/h3-8,10,20H,1-2H3,(H,19,21). The van der Waals surface area contributed by atoms with Gasteiger partial charge in [-0.1, -0.05) is 17.7 Å². The molecule has 0 radical (unpaired) electrons. The average molecular weight is 385 g/mol. The second kappa shape index (κ2) is 7.03. The number of phenolic OH excluding ortho intramolecular Hbond substituents is 1. The lowest BCUT2D eigenvalue weighted by atomic mass is 10.2. The maximum atomic E-state index is 12.2. The third-order valence-corrected chi connectivity index (χ3v) is 3.83. The number of nitrogens with one attached hydrogen (secondary N) is 1. The second-order valence-corrected chi connectivity index (χ2v) is 6.14. The fourth-order valence-electron chi connectivity index (χ4n) is 1.79. The number of amides is 1. The molecule has 0 aliphatic carbocycles. The third-order valence-electron chi connectivity index (χ3n) is 2.98. The van der Waals surface area contributed by atoms with Gasteiger partial charge in [-0.2, -0.15) is 0 Å². The van der Waals surface area contributed by atoms with Gasteiger partial charge in [-0.05, 0) is 65.7 Å². The summed E-state index contributed by atoms with van der Waals surface area (Å²) in [5.74, 6) is 0.134. The minimum atomic E-state index is -0.739. The zero-order valence-electron chi connectivity index (χ0n) is 12.1. The van der Waals surface area contributed by atoms with Gasteiger partial charge in [0.2, 0.25) is 0 Å². The Hall–Kier alpha value is -1.72. The molecule has 0 saturated heterocycles. The molecule has 0 aliphatic rings. The van der Waals surface area contributed by atoms with E-state index in [1.807, 2.05) is 19.1 Å². The summed E-state index contributed by atoms with van der Waals surface area (Å²) in [6.07, 6.45) is -0.739. The van der Waals surface area contributed by atoms with E-state index in [1.54, 1.807) is 13.0 Å². The zero-order chi connectivity index (χ0) is 16.3. The maximum Gasteiger partial charge on any atom is 0.265 e. The summed E-state index contributed by atoms with van der Waals surface area (Å²) >= 11 is 9.24. The van der Waals surface area contributed by atoms with E-state index in [0.717, 1.165) is 10.0 Å². The van der Waals surface area contributed by atoms with Gasteiger partial charge in [0.25, 0.3) is 5.91 Å². The van der Waals surface area contributed by atoms with Gasteiger partial charge < -0.3 is 15.2 Å². The number of aromatic hydroxyl groups is 1. The van der Waals surface area contributed by atoms with Gasteiger partial charge in [0, 0.05) is 5.02 Å². The number of hydrogen-bond acceptors (Lipinski definition) is 3. The average Bonchev–Trinajstić information content (AvgIpc) is 2.45. The van der Waals surface area contributed by atoms with Gasteiger partial charge in [0.15, 0.2) is 6.10 Å². The fraction of sp³-hybridized carbons (Fsp3) is 0.188. The van der Waals surface area contributed by atoms with Crippen LogP contribution in [-0.2, 0) is 4.79 Å². The number of aryl methyl sites for hydroxylation is 1. The van der Waals surface area contributed by atoms with Crippen LogP contribution in [0.25, 0.3) is 0 Å². The van der Waals surface area contributed by atoms with Gasteiger partial charge in [0.1, 0.15) is 11.5 Å². The molecule has 0 spiro atoms. The van der Waals surface area contributed by atoms with Crippen LogP contribution in [0.15, 0.2) is 40.9 Å². The molecule has 0 aromatic heterocycles. The Labute approximate surface area is 142 Å². The Kier molecular flexibility index (Phi) is 5.32. The molecule has 2 N–H and O–H groups in total. The highest BCUT2D eigenvalue weighted by atomic mass is 79.9. The molecule has 1 unspecified atom stereocenters. The van der Waals surface area contributed by atoms with E-state index in [4.69, 9.17) is 16.3 Å². The number of carbonyl (C=O) groups excluding carboxylic acids is 1. The Morgan fingerprint density at radius 2 is 2.05 bits per heavy atom. The number of rotatable bonds is 4. The lowest BCUT2D eigenvalue weighted by Crippen LogP contribution is -2.30. The number of ether oxygens (including phenoxy) is 1. The van der Waals surface area contributed by atoms with Gasteiger partial charge in [-0.25, -0.2) is 0 Å². The molecule has 0 heterocycles. The largest absolute Gasteiger partial charge is 0.506 e. The molecule has 0 saturated carbocycles. The predicted molar refractivity (Wildman–Crippen MR) is 90.7 cm³/mol. The van der Waals surface area contributed by atoms with Crippen molar-refractivity contribution in [3.8, 4) is 11.5 Å². The van der Waals surface area contributed by atoms with E-state index < -0.39 is 6.10 Å². The number of anilines is 1. The van der Waals surface area contributed by atoms with Crippen molar-refractivity contribution in [2.45, 2.75) is 20.0 Å². The SMILES string of the molecule is Cc1ccc(OC(C)C(=O)Nc2cc(Cl)ccc2O)c(Br)c1. The number of halogens is 2. The van der Waals surface area contributed by atoms with Gasteiger partial charge in [-0.15, -0.1) is 0 Å². The molecule has 116 valence electrons. The molecule has 0 bridgehead atoms. The molecule has 6 heteroatoms. The monoisotopic (exact) mass is 383 g/mol. The van der Waals surface area contributed by atoms with Gasteiger partial charge in [0.05, 0.1) is 10.2 Å². The first-order valence-electron chi connectivity index (χ1n) is 6.59. The van der Waals surface area contributed by atoms with Crippen molar-refractivity contribution in [2.24, 2.45) is 0 Å². The first kappa shape index (κ1) is 16.6. The highest BCUT2D eigenvalue weighted by Crippen LogP contribution is 2.28. The predicted octanol–water partition coefficient (Wildman–Crippen LogP) is 4.52. The Morgan fingerprint density at radius 3 is 2.73 bits per heavy atom. The van der Waals surface area contributed by atoms with Crippen LogP contribution >= 0.6 is 27.5 Å². The molecule has 0 aliphatic heterocycles. The summed E-state index contributed by atoms with van der Waals surface area (Å²) in [6.45, 7) is 3.59. The Morgan fingerprint density at radius 1 is 1.32 bits per heavy atom. The topological polar surface area (TPSA) is 58.6 Å². The van der Waals surface area contributed by atoms with Gasteiger partial charge in [-0.3, -0.25) is 4.79 Å². The molecular formula is C16H15BrClNO3. The molecule has 2 aromatic rings. The van der Waals surface area contributed by atoms with Crippen LogP contribution in [-0.4, -0.2) is 17.1 Å². The molecular weight excluding hydrogens is 370 g/mol. The quantitative estimate of drug-likeness (QED) is 0.762. The molecule has 1 atom stereocenters. The molecule has 1 amide bonds. The number of hydrogen-bond donors (Lipinski definition) is 2. The molecule has 2 rings (SSSR count). The second-order valence-electron chi connectivity index (χ2n) is 4.84. The van der Waals surface area contributed by atoms with E-state index in [-0.39, 0.29) is 17.3 Å². The normalized spacial score (nSPS) is 11.8. The van der Waals surface area contributed by atoms with Crippen LogP contribution in [0.5, 0.6) is 11.5 Å². The van der Waals surface area contributed by atoms with Crippen LogP contribution in [0.2, 0.25) is 5.02 Å².